The summed E-state index contributed by atoms with van der Waals surface area (Å²) in [6.45, 7) is -0.744. The number of phenolic OH excluding ortho intramolecular Hbond substituents is 6. The number of aliphatic carboxylic acids is 1. The maximum absolute atomic E-state index is 11.6. The Bertz CT molecular complexity index is 1330. The average molecular weight is 568 g/mol. The molecule has 16 heteroatoms. The van der Waals surface area contributed by atoms with Crippen molar-refractivity contribution in [2.24, 2.45) is 0 Å². The normalized spacial score (nSPS) is 25.7. The van der Waals surface area contributed by atoms with Crippen molar-refractivity contribution in [3.05, 3.63) is 35.1 Å². The zero-order chi connectivity index (χ0) is 29.5. The smallest absolute Gasteiger partial charge is 0.317 e. The largest absolute Gasteiger partial charge is 0.504 e. The number of aromatic hydroxyl groups is 6. The van der Waals surface area contributed by atoms with E-state index in [1.54, 1.807) is 0 Å². The molecule has 1 saturated heterocycles. The molecule has 0 amide bonds. The Labute approximate surface area is 223 Å². The van der Waals surface area contributed by atoms with Crippen LogP contribution in [0.4, 0.5) is 0 Å². The van der Waals surface area contributed by atoms with Gasteiger partial charge in [-0.25, -0.2) is 0 Å². The lowest BCUT2D eigenvalue weighted by Gasteiger charge is -2.41. The Balaban J connectivity index is 1.68. The van der Waals surface area contributed by atoms with E-state index in [0.29, 0.717) is 0 Å². The van der Waals surface area contributed by atoms with Crippen molar-refractivity contribution in [1.29, 1.82) is 0 Å². The summed E-state index contributed by atoms with van der Waals surface area (Å²) < 4.78 is 21.7. The summed E-state index contributed by atoms with van der Waals surface area (Å²) in [7, 11) is 0. The Morgan fingerprint density at radius 2 is 1.45 bits per heavy atom. The van der Waals surface area contributed by atoms with Gasteiger partial charge in [-0.05, 0) is 18.2 Å². The first-order chi connectivity index (χ1) is 18.8. The zero-order valence-electron chi connectivity index (χ0n) is 20.1. The number of phenols is 6. The molecule has 2 aliphatic rings. The van der Waals surface area contributed by atoms with Crippen LogP contribution in [0.2, 0.25) is 0 Å². The van der Waals surface area contributed by atoms with Gasteiger partial charge in [-0.15, -0.1) is 0 Å². The maximum atomic E-state index is 11.6. The number of benzene rings is 2. The van der Waals surface area contributed by atoms with Crippen LogP contribution in [0.5, 0.6) is 40.2 Å². The summed E-state index contributed by atoms with van der Waals surface area (Å²) >= 11 is 0. The zero-order valence-corrected chi connectivity index (χ0v) is 20.1. The molecule has 1 unspecified atom stereocenters. The number of fused-ring (bicyclic) bond motifs is 1. The first kappa shape index (κ1) is 28.4. The van der Waals surface area contributed by atoms with Crippen molar-refractivity contribution < 1.29 is 79.6 Å². The van der Waals surface area contributed by atoms with E-state index in [0.717, 1.165) is 24.3 Å². The highest BCUT2D eigenvalue weighted by atomic mass is 16.7. The summed E-state index contributed by atoms with van der Waals surface area (Å²) in [6.07, 6.45) is -10.4. The van der Waals surface area contributed by atoms with Crippen molar-refractivity contribution in [2.75, 3.05) is 6.61 Å². The van der Waals surface area contributed by atoms with Gasteiger partial charge in [0.25, 0.3) is 0 Å². The summed E-state index contributed by atoms with van der Waals surface area (Å²) in [5, 5.41) is 99.7. The van der Waals surface area contributed by atoms with E-state index in [2.05, 4.69) is 0 Å². The van der Waals surface area contributed by atoms with Crippen LogP contribution in [0.25, 0.3) is 6.08 Å². The molecule has 0 spiro atoms. The molecule has 216 valence electrons. The van der Waals surface area contributed by atoms with Gasteiger partial charge in [0.2, 0.25) is 12.0 Å². The highest BCUT2D eigenvalue weighted by molar-refractivity contribution is 5.90. The number of carbonyl (C=O) groups excluding carboxylic acids is 1. The van der Waals surface area contributed by atoms with E-state index in [9.17, 15) is 55.5 Å². The molecule has 2 aromatic carbocycles. The van der Waals surface area contributed by atoms with Crippen LogP contribution in [0.1, 0.15) is 23.7 Å². The van der Waals surface area contributed by atoms with Crippen molar-refractivity contribution in [2.45, 2.75) is 43.2 Å². The molecule has 4 rings (SSSR count). The predicted octanol–water partition coefficient (Wildman–Crippen LogP) is -0.763. The maximum Gasteiger partial charge on any atom is 0.317 e. The highest BCUT2D eigenvalue weighted by Gasteiger charge is 2.46. The predicted molar refractivity (Wildman–Crippen MR) is 125 cm³/mol. The second-order valence-electron chi connectivity index (χ2n) is 8.84. The van der Waals surface area contributed by atoms with Crippen LogP contribution in [0.3, 0.4) is 0 Å². The van der Waals surface area contributed by atoms with Gasteiger partial charge in [0.1, 0.15) is 49.0 Å². The summed E-state index contributed by atoms with van der Waals surface area (Å²) in [4.78, 5) is 22.3. The van der Waals surface area contributed by atoms with E-state index >= 15 is 0 Å². The van der Waals surface area contributed by atoms with Gasteiger partial charge in [0, 0.05) is 11.6 Å². The van der Waals surface area contributed by atoms with E-state index in [1.807, 2.05) is 0 Å². The lowest BCUT2D eigenvalue weighted by atomic mass is 9.98. The fourth-order valence-corrected chi connectivity index (χ4v) is 4.02. The van der Waals surface area contributed by atoms with Crippen molar-refractivity contribution in [3.8, 4) is 40.2 Å². The molecule has 0 saturated carbocycles. The minimum absolute atomic E-state index is 0.0678. The van der Waals surface area contributed by atoms with Gasteiger partial charge < -0.3 is 70.0 Å². The summed E-state index contributed by atoms with van der Waals surface area (Å²) in [5.41, 5.74) is -0.291. The number of carboxylic acids is 1. The second-order valence-corrected chi connectivity index (χ2v) is 8.84. The third kappa shape index (κ3) is 5.41. The Morgan fingerprint density at radius 3 is 2.08 bits per heavy atom. The minimum Gasteiger partial charge on any atom is -0.504 e. The summed E-state index contributed by atoms with van der Waals surface area (Å²) in [6, 6.07) is 2.89. The molecule has 16 nitrogen and oxygen atoms in total. The molecule has 0 bridgehead atoms. The number of hydrogen-bond acceptors (Lipinski definition) is 15. The van der Waals surface area contributed by atoms with Crippen molar-refractivity contribution in [1.82, 2.24) is 0 Å². The number of aliphatic hydroxyl groups is 3. The molecule has 40 heavy (non-hydrogen) atoms. The van der Waals surface area contributed by atoms with Crippen LogP contribution >= 0.6 is 0 Å². The van der Waals surface area contributed by atoms with Gasteiger partial charge in [-0.2, -0.15) is 0 Å². The fourth-order valence-electron chi connectivity index (χ4n) is 4.02. The Morgan fingerprint density at radius 1 is 0.825 bits per heavy atom. The number of ether oxygens (including phenoxy) is 4. The first-order valence-electron chi connectivity index (χ1n) is 11.4. The first-order valence-corrected chi connectivity index (χ1v) is 11.4. The van der Waals surface area contributed by atoms with Gasteiger partial charge in [-0.1, -0.05) is 0 Å². The van der Waals surface area contributed by atoms with Gasteiger partial charge in [-0.3, -0.25) is 9.59 Å². The standard InChI is InChI=1S/C24H24O16/c25-9-1-7(2-10(26)18(9)32)23-13(3-8-12(38-23)4-11(27)19(33)17(8)31)39-24-22(36)21(35)20(34)14(40-24)6-37-16(30)5-15(28)29/h1-4,14,20-27,31-36H,5-6H2,(H,28,29)/t14-,20-,21+,22+,23?,24-/m1/s1. The molecule has 2 aliphatic heterocycles. The molecule has 10 N–H and O–H groups in total. The lowest BCUT2D eigenvalue weighted by molar-refractivity contribution is -0.294. The molecule has 2 aromatic rings. The van der Waals surface area contributed by atoms with Crippen molar-refractivity contribution in [3.63, 3.8) is 0 Å². The SMILES string of the molecule is O=C(O)CC(=O)OC[C@H]1O[C@@H](OC2=Cc3c(cc(O)c(O)c3O)OC2c2cc(O)c(O)c(O)c2)[C@@H](O)[C@@H](O)[C@@H]1O. The quantitative estimate of drug-likeness (QED) is 0.112. The van der Waals surface area contributed by atoms with Gasteiger partial charge in [0.05, 0.1) is 5.56 Å². The van der Waals surface area contributed by atoms with Crippen LogP contribution < -0.4 is 4.74 Å². The molecule has 2 heterocycles. The monoisotopic (exact) mass is 568 g/mol. The highest BCUT2D eigenvalue weighted by Crippen LogP contribution is 2.50. The molecule has 1 fully saturated rings. The van der Waals surface area contributed by atoms with E-state index in [-0.39, 0.29) is 22.6 Å². The number of rotatable bonds is 7. The third-order valence-electron chi connectivity index (χ3n) is 6.06. The molecular formula is C24H24O16. The van der Waals surface area contributed by atoms with Crippen molar-refractivity contribution >= 4 is 18.0 Å². The number of carbonyl (C=O) groups is 2. The average Bonchev–Trinajstić information content (AvgIpc) is 2.89. The molecule has 6 atom stereocenters. The fraction of sp³-hybridized carbons (Fsp3) is 0.333. The molecule has 0 aromatic heterocycles. The number of esters is 1. The van der Waals surface area contributed by atoms with Crippen LogP contribution in [-0.4, -0.2) is 100 Å². The van der Waals surface area contributed by atoms with Gasteiger partial charge >= 0.3 is 11.9 Å². The summed E-state index contributed by atoms with van der Waals surface area (Å²) in [5.74, 6) is -8.09. The van der Waals surface area contributed by atoms with Crippen LogP contribution in [0.15, 0.2) is 24.0 Å². The lowest BCUT2D eigenvalue weighted by Crippen LogP contribution is -2.59. The van der Waals surface area contributed by atoms with E-state index in [4.69, 9.17) is 24.1 Å². The molecule has 0 radical (unpaired) electrons. The number of aliphatic hydroxyl groups excluding tert-OH is 3. The van der Waals surface area contributed by atoms with Crippen LogP contribution in [0, 0.1) is 0 Å². The number of hydrogen-bond donors (Lipinski definition) is 10. The minimum atomic E-state index is -1.94. The number of carboxylic acid groups (broad SMARTS) is 1. The van der Waals surface area contributed by atoms with Gasteiger partial charge in [0.15, 0.2) is 34.9 Å². The third-order valence-corrected chi connectivity index (χ3v) is 6.06. The Hall–Kier alpha value is -4.64. The van der Waals surface area contributed by atoms with E-state index in [1.165, 1.54) is 0 Å². The topological polar surface area (TPSA) is 273 Å². The van der Waals surface area contributed by atoms with Crippen LogP contribution in [-0.2, 0) is 23.8 Å². The van der Waals surface area contributed by atoms with E-state index < -0.39 is 96.3 Å². The second kappa shape index (κ2) is 10.9. The molecule has 0 aliphatic carbocycles. The Kier molecular flexibility index (Phi) is 7.70. The molecular weight excluding hydrogens is 544 g/mol.